The molecule has 1 saturated heterocycles. The van der Waals surface area contributed by atoms with E-state index in [0.29, 0.717) is 54.5 Å². The van der Waals surface area contributed by atoms with Crippen molar-refractivity contribution in [2.45, 2.75) is 55.6 Å². The fraction of sp³-hybridized carbons (Fsp3) is 0.419. The van der Waals surface area contributed by atoms with Crippen LogP contribution in [0.15, 0.2) is 61.2 Å². The number of benzene rings is 1. The highest BCUT2D eigenvalue weighted by molar-refractivity contribution is 5.89. The van der Waals surface area contributed by atoms with Gasteiger partial charge in [0.15, 0.2) is 17.0 Å². The summed E-state index contributed by atoms with van der Waals surface area (Å²) in [6.45, 7) is 0.0464. The van der Waals surface area contributed by atoms with Gasteiger partial charge in [-0.2, -0.15) is 9.97 Å². The first-order valence-corrected chi connectivity index (χ1v) is 15.5. The Bertz CT molecular complexity index is 1680. The van der Waals surface area contributed by atoms with Crippen molar-refractivity contribution < 1.29 is 30.0 Å². The van der Waals surface area contributed by atoms with Gasteiger partial charge >= 0.3 is 6.03 Å². The van der Waals surface area contributed by atoms with Crippen LogP contribution in [0.1, 0.15) is 24.4 Å². The van der Waals surface area contributed by atoms with Crippen LogP contribution in [0.25, 0.3) is 11.2 Å². The smallest absolute Gasteiger partial charge is 0.319 e. The molecule has 3 aromatic heterocycles. The number of carbonyl (C=O) groups excluding carboxylic acids is 2. The molecule has 4 aromatic rings. The lowest BCUT2D eigenvalue weighted by Crippen LogP contribution is -2.44. The van der Waals surface area contributed by atoms with Crippen molar-refractivity contribution >= 4 is 40.6 Å². The molecule has 16 nitrogen and oxygen atoms in total. The summed E-state index contributed by atoms with van der Waals surface area (Å²) < 4.78 is 1.66. The molecule has 2 aliphatic rings. The van der Waals surface area contributed by atoms with Gasteiger partial charge in [0.1, 0.15) is 18.8 Å². The predicted octanol–water partition coefficient (Wildman–Crippen LogP) is -0.219. The van der Waals surface area contributed by atoms with Gasteiger partial charge in [-0.3, -0.25) is 9.78 Å². The van der Waals surface area contributed by atoms with Crippen molar-refractivity contribution in [3.63, 3.8) is 0 Å². The lowest BCUT2D eigenvalue weighted by Gasteiger charge is -2.22. The summed E-state index contributed by atoms with van der Waals surface area (Å²) in [5.41, 5.74) is 2.37. The van der Waals surface area contributed by atoms with Crippen LogP contribution in [-0.4, -0.2) is 114 Å². The van der Waals surface area contributed by atoms with Crippen molar-refractivity contribution in [3.05, 3.63) is 66.7 Å². The minimum absolute atomic E-state index is 0.163. The Morgan fingerprint density at radius 2 is 1.85 bits per heavy atom. The van der Waals surface area contributed by atoms with Crippen LogP contribution < -0.4 is 26.2 Å². The van der Waals surface area contributed by atoms with Gasteiger partial charge < -0.3 is 51.2 Å². The number of nitrogens with zero attached hydrogens (tertiary/aromatic N) is 6. The maximum absolute atomic E-state index is 12.6. The van der Waals surface area contributed by atoms with Gasteiger partial charge in [0.25, 0.3) is 0 Å². The molecule has 0 radical (unpaired) electrons. The molecular weight excluding hydrogens is 608 g/mol. The van der Waals surface area contributed by atoms with Gasteiger partial charge in [-0.25, -0.2) is 9.78 Å². The average molecular weight is 647 g/mol. The Balaban J connectivity index is 1.27. The summed E-state index contributed by atoms with van der Waals surface area (Å²) in [5.74, 6) is 0.0733. The van der Waals surface area contributed by atoms with E-state index in [1.54, 1.807) is 29.1 Å². The number of urea groups is 1. The van der Waals surface area contributed by atoms with Gasteiger partial charge in [0.05, 0.1) is 42.9 Å². The third-order valence-electron chi connectivity index (χ3n) is 8.52. The van der Waals surface area contributed by atoms with E-state index < -0.39 is 42.8 Å². The predicted molar refractivity (Wildman–Crippen MR) is 172 cm³/mol. The van der Waals surface area contributed by atoms with Gasteiger partial charge in [0, 0.05) is 25.3 Å². The first-order chi connectivity index (χ1) is 22.8. The largest absolute Gasteiger partial charge is 0.394 e. The minimum atomic E-state index is -1.28. The SMILES string of the molecule is O=C(CO)N[C@H]1C[C@@H](n2cnc3c(N[C@H](CO)Cc4ccccc4)nc(N4CCC(NC(=O)Nc5cccnc5)C4)nc32)[C@H](O)[C@@H]1O. The van der Waals surface area contributed by atoms with E-state index in [2.05, 4.69) is 31.2 Å². The molecule has 6 atom stereocenters. The van der Waals surface area contributed by atoms with E-state index in [4.69, 9.17) is 9.97 Å². The zero-order valence-electron chi connectivity index (χ0n) is 25.5. The maximum Gasteiger partial charge on any atom is 0.319 e. The third-order valence-corrected chi connectivity index (χ3v) is 8.52. The molecule has 4 heterocycles. The molecule has 1 aliphatic carbocycles. The standard InChI is InChI=1S/C31H38N10O6/c42-15-21(11-18-5-2-1-3-6-18)34-28-25-29(41(17-33-25)23-12-22(26(45)27(23)46)37-24(44)16-43)39-30(38-28)40-10-8-20(14-40)36-31(47)35-19-7-4-9-32-13-19/h1-7,9,13,17,20-23,26-27,42-43,45-46H,8,10-12,14-16H2,(H,37,44)(H,34,38,39)(H2,35,36,47)/t20?,21-,22-,23+,26+,27-/m0/s1. The zero-order valence-corrected chi connectivity index (χ0v) is 25.5. The summed E-state index contributed by atoms with van der Waals surface area (Å²) in [7, 11) is 0. The summed E-state index contributed by atoms with van der Waals surface area (Å²) >= 11 is 0. The van der Waals surface area contributed by atoms with Crippen LogP contribution in [0.4, 0.5) is 22.2 Å². The number of rotatable bonds is 11. The van der Waals surface area contributed by atoms with E-state index in [-0.39, 0.29) is 25.1 Å². The van der Waals surface area contributed by atoms with Gasteiger partial charge in [-0.15, -0.1) is 0 Å². The van der Waals surface area contributed by atoms with Crippen molar-refractivity contribution in [1.82, 2.24) is 35.1 Å². The van der Waals surface area contributed by atoms with Gasteiger partial charge in [0.2, 0.25) is 11.9 Å². The van der Waals surface area contributed by atoms with Crippen LogP contribution >= 0.6 is 0 Å². The lowest BCUT2D eigenvalue weighted by molar-refractivity contribution is -0.125. The number of pyridine rings is 1. The summed E-state index contributed by atoms with van der Waals surface area (Å²) in [6.07, 6.45) is 3.47. The highest BCUT2D eigenvalue weighted by Crippen LogP contribution is 2.35. The summed E-state index contributed by atoms with van der Waals surface area (Å²) in [6, 6.07) is 10.8. The van der Waals surface area contributed by atoms with Gasteiger partial charge in [-0.05, 0) is 37.0 Å². The number of aromatic nitrogens is 5. The molecule has 47 heavy (non-hydrogen) atoms. The first-order valence-electron chi connectivity index (χ1n) is 15.5. The fourth-order valence-electron chi connectivity index (χ4n) is 6.17. The second-order valence-electron chi connectivity index (χ2n) is 11.8. The number of aliphatic hydroxyl groups excluding tert-OH is 4. The molecule has 1 saturated carbocycles. The molecule has 2 fully saturated rings. The third kappa shape index (κ3) is 7.25. The Labute approximate surface area is 269 Å². The number of hydrogen-bond acceptors (Lipinski definition) is 12. The minimum Gasteiger partial charge on any atom is -0.394 e. The lowest BCUT2D eigenvalue weighted by atomic mass is 10.1. The number of amides is 3. The number of imidazole rings is 1. The normalized spacial score (nSPS) is 23.1. The van der Waals surface area contributed by atoms with Crippen LogP contribution in [0.3, 0.4) is 0 Å². The van der Waals surface area contributed by atoms with Crippen LogP contribution in [-0.2, 0) is 11.2 Å². The highest BCUT2D eigenvalue weighted by Gasteiger charge is 2.44. The number of nitrogens with one attached hydrogen (secondary N) is 4. The van der Waals surface area contributed by atoms with Crippen molar-refractivity contribution in [2.75, 3.05) is 41.8 Å². The van der Waals surface area contributed by atoms with Crippen molar-refractivity contribution in [1.29, 1.82) is 0 Å². The Morgan fingerprint density at radius 1 is 1.02 bits per heavy atom. The van der Waals surface area contributed by atoms with Crippen molar-refractivity contribution in [2.24, 2.45) is 0 Å². The molecule has 1 unspecified atom stereocenters. The van der Waals surface area contributed by atoms with Crippen molar-refractivity contribution in [3.8, 4) is 0 Å². The average Bonchev–Trinajstić information content (AvgIpc) is 3.80. The summed E-state index contributed by atoms with van der Waals surface area (Å²) in [5, 5.41) is 52.8. The molecular formula is C31H38N10O6. The zero-order chi connectivity index (χ0) is 32.9. The van der Waals surface area contributed by atoms with Crippen LogP contribution in [0.2, 0.25) is 0 Å². The molecule has 16 heteroatoms. The van der Waals surface area contributed by atoms with Crippen LogP contribution in [0.5, 0.6) is 0 Å². The summed E-state index contributed by atoms with van der Waals surface area (Å²) in [4.78, 5) is 44.7. The Hall–Kier alpha value is -4.90. The second kappa shape index (κ2) is 14.3. The molecule has 0 bridgehead atoms. The van der Waals surface area contributed by atoms with E-state index >= 15 is 0 Å². The number of carbonyl (C=O) groups is 2. The number of aliphatic hydroxyl groups is 4. The Morgan fingerprint density at radius 3 is 2.60 bits per heavy atom. The quantitative estimate of drug-likeness (QED) is 0.106. The number of anilines is 3. The molecule has 1 aromatic carbocycles. The molecule has 0 spiro atoms. The van der Waals surface area contributed by atoms with E-state index in [1.165, 1.54) is 6.33 Å². The molecule has 248 valence electrons. The highest BCUT2D eigenvalue weighted by atomic mass is 16.3. The number of fused-ring (bicyclic) bond motifs is 1. The Kier molecular flexibility index (Phi) is 9.72. The monoisotopic (exact) mass is 646 g/mol. The van der Waals surface area contributed by atoms with E-state index in [1.807, 2.05) is 35.2 Å². The fourth-order valence-corrected chi connectivity index (χ4v) is 6.17. The van der Waals surface area contributed by atoms with Gasteiger partial charge in [-0.1, -0.05) is 30.3 Å². The first kappa shape index (κ1) is 32.1. The molecule has 3 amide bonds. The molecule has 1 aliphatic heterocycles. The molecule has 8 N–H and O–H groups in total. The van der Waals surface area contributed by atoms with E-state index in [0.717, 1.165) is 5.56 Å². The second-order valence-corrected chi connectivity index (χ2v) is 11.8. The van der Waals surface area contributed by atoms with Crippen LogP contribution in [0, 0.1) is 0 Å². The maximum atomic E-state index is 12.6. The topological polar surface area (TPSA) is 223 Å². The number of hydrogen-bond donors (Lipinski definition) is 8. The van der Waals surface area contributed by atoms with E-state index in [9.17, 15) is 30.0 Å². The molecule has 6 rings (SSSR count).